The van der Waals surface area contributed by atoms with Crippen molar-refractivity contribution in [2.75, 3.05) is 14.2 Å². The van der Waals surface area contributed by atoms with Crippen molar-refractivity contribution in [3.8, 4) is 11.6 Å². The van der Waals surface area contributed by atoms with Gasteiger partial charge in [-0.25, -0.2) is 9.78 Å². The number of likely N-dealkylation sites (N-methyl/N-ethyl adjacent to an activating group) is 1. The lowest BCUT2D eigenvalue weighted by atomic mass is 10.1. The van der Waals surface area contributed by atoms with Crippen molar-refractivity contribution >= 4 is 33.9 Å². The molecule has 9 nitrogen and oxygen atoms in total. The minimum atomic E-state index is -1.48. The molecule has 1 N–H and O–H groups in total. The van der Waals surface area contributed by atoms with Crippen LogP contribution in [0.2, 0.25) is 0 Å². The number of aromatic nitrogens is 2. The summed E-state index contributed by atoms with van der Waals surface area (Å²) >= 11 is 0. The Morgan fingerprint density at radius 2 is 1.57 bits per heavy atom. The average molecular weight is 540 g/mol. The molecule has 5 rings (SSSR count). The van der Waals surface area contributed by atoms with Gasteiger partial charge in [0.05, 0.1) is 34.8 Å². The van der Waals surface area contributed by atoms with Crippen LogP contribution in [-0.2, 0) is 35.8 Å². The molecule has 0 aliphatic heterocycles. The second kappa shape index (κ2) is 11.9. The normalized spacial score (nSPS) is 11.1. The first kappa shape index (κ1) is 26.7. The van der Waals surface area contributed by atoms with Crippen LogP contribution in [0.15, 0.2) is 85.1 Å². The predicted octanol–water partition coefficient (Wildman–Crippen LogP) is 5.63. The van der Waals surface area contributed by atoms with E-state index in [4.69, 9.17) is 14.2 Å². The number of nitrogens with zero attached hydrogens (tertiary/aromatic N) is 3. The lowest BCUT2D eigenvalue weighted by molar-refractivity contribution is -0.130. The highest BCUT2D eigenvalue weighted by Crippen LogP contribution is 2.40. The molecule has 0 spiro atoms. The molecule has 0 saturated carbocycles. The lowest BCUT2D eigenvalue weighted by Crippen LogP contribution is -2.29. The van der Waals surface area contributed by atoms with Crippen molar-refractivity contribution < 1.29 is 28.9 Å². The summed E-state index contributed by atoms with van der Waals surface area (Å²) in [6.07, 6.45) is 0.0456. The highest BCUT2D eigenvalue weighted by Gasteiger charge is 2.24. The van der Waals surface area contributed by atoms with Gasteiger partial charge in [0.2, 0.25) is 11.8 Å². The molecule has 0 atom stereocenters. The third kappa shape index (κ3) is 5.60. The Labute approximate surface area is 231 Å². The summed E-state index contributed by atoms with van der Waals surface area (Å²) in [7, 11) is 3.28. The van der Waals surface area contributed by atoms with Gasteiger partial charge >= 0.3 is 6.16 Å². The molecule has 40 heavy (non-hydrogen) atoms. The van der Waals surface area contributed by atoms with Gasteiger partial charge in [-0.05, 0) is 23.3 Å². The maximum absolute atomic E-state index is 13.4. The molecule has 2 heterocycles. The number of ether oxygens (including phenoxy) is 3. The topological polar surface area (TPSA) is 103 Å². The number of hydrogen-bond acceptors (Lipinski definition) is 6. The summed E-state index contributed by atoms with van der Waals surface area (Å²) in [6, 6.07) is 25.2. The number of benzene rings is 3. The quantitative estimate of drug-likeness (QED) is 0.229. The standard InChI is InChI=1S/C31H29N3O6/c1-33(17-21-10-5-3-6-11-21)27(35)18-34-24-14-9-15-26(39-19-22-12-7-4-8-13-22)29(24)28-23(20-38-2)30(40-31(36)37)32-16-25(28)34/h3-16H,17-20H2,1-2H3,(H,36,37). The largest absolute Gasteiger partial charge is 0.512 e. The highest BCUT2D eigenvalue weighted by molar-refractivity contribution is 6.13. The first-order valence-corrected chi connectivity index (χ1v) is 12.7. The van der Waals surface area contributed by atoms with E-state index in [1.54, 1.807) is 11.9 Å². The van der Waals surface area contributed by atoms with E-state index in [-0.39, 0.29) is 24.9 Å². The van der Waals surface area contributed by atoms with Crippen molar-refractivity contribution in [3.05, 3.63) is 102 Å². The fraction of sp³-hybridized carbons (Fsp3) is 0.194. The second-order valence-corrected chi connectivity index (χ2v) is 9.35. The maximum atomic E-state index is 13.4. The number of rotatable bonds is 10. The van der Waals surface area contributed by atoms with Crippen molar-refractivity contribution in [3.63, 3.8) is 0 Å². The molecule has 0 fully saturated rings. The summed E-state index contributed by atoms with van der Waals surface area (Å²) in [5.74, 6) is 0.406. The zero-order chi connectivity index (χ0) is 28.1. The minimum absolute atomic E-state index is 0.0404. The van der Waals surface area contributed by atoms with Crippen LogP contribution in [0.4, 0.5) is 4.79 Å². The van der Waals surface area contributed by atoms with Crippen molar-refractivity contribution in [1.82, 2.24) is 14.5 Å². The van der Waals surface area contributed by atoms with Gasteiger partial charge in [0.1, 0.15) is 18.9 Å². The van der Waals surface area contributed by atoms with Crippen molar-refractivity contribution in [2.45, 2.75) is 26.3 Å². The Morgan fingerprint density at radius 3 is 2.25 bits per heavy atom. The number of hydrogen-bond donors (Lipinski definition) is 1. The zero-order valence-electron chi connectivity index (χ0n) is 22.2. The number of amides is 1. The molecule has 3 aromatic carbocycles. The molecule has 0 radical (unpaired) electrons. The molecule has 204 valence electrons. The van der Waals surface area contributed by atoms with Gasteiger partial charge in [0.25, 0.3) is 0 Å². The molecular formula is C31H29N3O6. The number of carbonyl (C=O) groups excluding carboxylic acids is 1. The van der Waals surface area contributed by atoms with Crippen LogP contribution in [-0.4, -0.2) is 45.8 Å². The Kier molecular flexibility index (Phi) is 7.93. The van der Waals surface area contributed by atoms with Gasteiger partial charge in [-0.2, -0.15) is 0 Å². The van der Waals surface area contributed by atoms with Gasteiger partial charge in [0.15, 0.2) is 0 Å². The molecular weight excluding hydrogens is 510 g/mol. The average Bonchev–Trinajstić information content (AvgIpc) is 3.28. The minimum Gasteiger partial charge on any atom is -0.488 e. The molecule has 2 aromatic heterocycles. The van der Waals surface area contributed by atoms with Gasteiger partial charge < -0.3 is 28.8 Å². The number of methoxy groups -OCH3 is 1. The third-order valence-electron chi connectivity index (χ3n) is 6.65. The second-order valence-electron chi connectivity index (χ2n) is 9.35. The van der Waals surface area contributed by atoms with Crippen LogP contribution in [0, 0.1) is 0 Å². The molecule has 5 aromatic rings. The van der Waals surface area contributed by atoms with E-state index in [1.165, 1.54) is 13.3 Å². The van der Waals surface area contributed by atoms with E-state index >= 15 is 0 Å². The van der Waals surface area contributed by atoms with Gasteiger partial charge in [-0.3, -0.25) is 4.79 Å². The van der Waals surface area contributed by atoms with Gasteiger partial charge in [-0.15, -0.1) is 0 Å². The lowest BCUT2D eigenvalue weighted by Gasteiger charge is -2.18. The van der Waals surface area contributed by atoms with Crippen molar-refractivity contribution in [2.24, 2.45) is 0 Å². The first-order valence-electron chi connectivity index (χ1n) is 12.7. The van der Waals surface area contributed by atoms with E-state index in [0.29, 0.717) is 35.4 Å². The predicted molar refractivity (Wildman–Crippen MR) is 150 cm³/mol. The molecule has 0 unspecified atom stereocenters. The Morgan fingerprint density at radius 1 is 0.875 bits per heavy atom. The van der Waals surface area contributed by atoms with E-state index in [1.807, 2.05) is 83.4 Å². The van der Waals surface area contributed by atoms with E-state index in [0.717, 1.165) is 22.0 Å². The van der Waals surface area contributed by atoms with E-state index in [9.17, 15) is 14.7 Å². The van der Waals surface area contributed by atoms with Crippen molar-refractivity contribution in [1.29, 1.82) is 0 Å². The molecule has 9 heteroatoms. The Balaban J connectivity index is 1.62. The molecule has 0 aliphatic carbocycles. The van der Waals surface area contributed by atoms with Gasteiger partial charge in [0, 0.05) is 26.1 Å². The molecule has 1 amide bonds. The fourth-order valence-corrected chi connectivity index (χ4v) is 4.81. The monoisotopic (exact) mass is 539 g/mol. The van der Waals surface area contributed by atoms with E-state index in [2.05, 4.69) is 4.98 Å². The SMILES string of the molecule is COCc1c(OC(=O)O)ncc2c1c1c(OCc3ccccc3)cccc1n2CC(=O)N(C)Cc1ccccc1. The van der Waals surface area contributed by atoms with Crippen LogP contribution in [0.5, 0.6) is 11.6 Å². The third-order valence-corrected chi connectivity index (χ3v) is 6.65. The summed E-state index contributed by atoms with van der Waals surface area (Å²) in [5.41, 5.74) is 3.85. The number of pyridine rings is 1. The maximum Gasteiger partial charge on any atom is 0.512 e. The highest BCUT2D eigenvalue weighted by atomic mass is 16.7. The van der Waals surface area contributed by atoms with Crippen LogP contribution in [0.1, 0.15) is 16.7 Å². The summed E-state index contributed by atoms with van der Waals surface area (Å²) in [5, 5.41) is 10.7. The number of carbonyl (C=O) groups is 2. The molecule has 0 saturated heterocycles. The molecule has 0 aliphatic rings. The smallest absolute Gasteiger partial charge is 0.488 e. The fourth-order valence-electron chi connectivity index (χ4n) is 4.81. The van der Waals surface area contributed by atoms with E-state index < -0.39 is 6.16 Å². The molecule has 0 bridgehead atoms. The number of fused-ring (bicyclic) bond motifs is 3. The van der Waals surface area contributed by atoms with Crippen LogP contribution >= 0.6 is 0 Å². The van der Waals surface area contributed by atoms with Crippen LogP contribution < -0.4 is 9.47 Å². The van der Waals surface area contributed by atoms with Crippen LogP contribution in [0.3, 0.4) is 0 Å². The summed E-state index contributed by atoms with van der Waals surface area (Å²) in [4.78, 5) is 30.9. The van der Waals surface area contributed by atoms with Gasteiger partial charge in [-0.1, -0.05) is 66.7 Å². The number of carboxylic acid groups (broad SMARTS) is 1. The Bertz CT molecular complexity index is 1650. The zero-order valence-corrected chi connectivity index (χ0v) is 22.2. The summed E-state index contributed by atoms with van der Waals surface area (Å²) < 4.78 is 18.6. The van der Waals surface area contributed by atoms with Crippen LogP contribution in [0.25, 0.3) is 21.8 Å². The Hall–Kier alpha value is -4.89. The first-order chi connectivity index (χ1) is 19.5. The summed E-state index contributed by atoms with van der Waals surface area (Å²) in [6.45, 7) is 0.875.